The van der Waals surface area contributed by atoms with Gasteiger partial charge in [-0.1, -0.05) is 52.8 Å². The summed E-state index contributed by atoms with van der Waals surface area (Å²) in [5.74, 6) is 0.648. The maximum absolute atomic E-state index is 13.3. The van der Waals surface area contributed by atoms with Crippen LogP contribution < -0.4 is 9.64 Å². The van der Waals surface area contributed by atoms with E-state index >= 15 is 0 Å². The van der Waals surface area contributed by atoms with Crippen LogP contribution in [0.3, 0.4) is 0 Å². The fraction of sp³-hybridized carbons (Fsp3) is 0.364. The molecule has 1 aromatic heterocycles. The number of benzene rings is 2. The number of halogens is 1. The molecule has 3 aromatic rings. The van der Waals surface area contributed by atoms with Crippen molar-refractivity contribution < 1.29 is 14.3 Å². The highest BCUT2D eigenvalue weighted by Gasteiger charge is 2.27. The van der Waals surface area contributed by atoms with E-state index in [2.05, 4.69) is 0 Å². The zero-order valence-corrected chi connectivity index (χ0v) is 18.1. The van der Waals surface area contributed by atoms with Crippen molar-refractivity contribution in [2.75, 3.05) is 25.2 Å². The number of aromatic nitrogens is 1. The third-order valence-corrected chi connectivity index (χ3v) is 6.59. The van der Waals surface area contributed by atoms with E-state index in [1.807, 2.05) is 31.2 Å². The van der Waals surface area contributed by atoms with Gasteiger partial charge in [-0.05, 0) is 37.5 Å². The van der Waals surface area contributed by atoms with Crippen molar-refractivity contribution in [3.8, 4) is 5.75 Å². The maximum atomic E-state index is 13.3. The predicted molar refractivity (Wildman–Crippen MR) is 117 cm³/mol. The minimum atomic E-state index is 0.000227. The van der Waals surface area contributed by atoms with Gasteiger partial charge >= 0.3 is 0 Å². The van der Waals surface area contributed by atoms with Gasteiger partial charge in [-0.3, -0.25) is 9.69 Å². The number of methoxy groups -OCH3 is 1. The number of hydrogen-bond acceptors (Lipinski definition) is 5. The molecule has 29 heavy (non-hydrogen) atoms. The zero-order valence-electron chi connectivity index (χ0n) is 16.5. The number of hydrogen-bond donors (Lipinski definition) is 0. The van der Waals surface area contributed by atoms with Crippen LogP contribution in [0.25, 0.3) is 10.2 Å². The van der Waals surface area contributed by atoms with E-state index in [4.69, 9.17) is 26.1 Å². The molecule has 1 amide bonds. The second-order valence-corrected chi connectivity index (χ2v) is 8.61. The molecule has 0 aliphatic carbocycles. The first-order valence-corrected chi connectivity index (χ1v) is 10.8. The van der Waals surface area contributed by atoms with Gasteiger partial charge in [-0.25, -0.2) is 4.98 Å². The number of rotatable bonds is 6. The fourth-order valence-corrected chi connectivity index (χ4v) is 4.87. The van der Waals surface area contributed by atoms with Gasteiger partial charge in [0.05, 0.1) is 35.9 Å². The summed E-state index contributed by atoms with van der Waals surface area (Å²) < 4.78 is 12.1. The molecule has 0 bridgehead atoms. The average Bonchev–Trinajstić information content (AvgIpc) is 3.36. The van der Waals surface area contributed by atoms with Crippen LogP contribution >= 0.6 is 22.9 Å². The van der Waals surface area contributed by atoms with Crippen molar-refractivity contribution in [1.29, 1.82) is 0 Å². The summed E-state index contributed by atoms with van der Waals surface area (Å²) in [5, 5.41) is 1.23. The lowest BCUT2D eigenvalue weighted by molar-refractivity contribution is -0.118. The van der Waals surface area contributed by atoms with Crippen molar-refractivity contribution in [3.05, 3.63) is 52.5 Å². The van der Waals surface area contributed by atoms with Crippen molar-refractivity contribution in [2.45, 2.75) is 32.3 Å². The van der Waals surface area contributed by atoms with Crippen molar-refractivity contribution in [1.82, 2.24) is 4.98 Å². The lowest BCUT2D eigenvalue weighted by Gasteiger charge is -2.23. The Bertz CT molecular complexity index is 1030. The maximum Gasteiger partial charge on any atom is 0.233 e. The Hall–Kier alpha value is -2.15. The molecule has 1 unspecified atom stereocenters. The molecule has 0 radical (unpaired) electrons. The summed E-state index contributed by atoms with van der Waals surface area (Å²) in [5.41, 5.74) is 2.81. The van der Waals surface area contributed by atoms with Crippen LogP contribution in [0.15, 0.2) is 36.4 Å². The number of fused-ring (bicyclic) bond motifs is 1. The number of aryl methyl sites for hydroxylation is 1. The molecule has 152 valence electrons. The third-order valence-electron chi connectivity index (χ3n) is 5.05. The Balaban J connectivity index is 1.69. The Morgan fingerprint density at radius 1 is 1.38 bits per heavy atom. The molecule has 1 saturated heterocycles. The van der Waals surface area contributed by atoms with Crippen LogP contribution in [0.2, 0.25) is 5.02 Å². The van der Waals surface area contributed by atoms with E-state index < -0.39 is 0 Å². The Morgan fingerprint density at radius 3 is 2.97 bits per heavy atom. The highest BCUT2D eigenvalue weighted by atomic mass is 35.5. The van der Waals surface area contributed by atoms with Crippen LogP contribution in [0.4, 0.5) is 5.13 Å². The average molecular weight is 431 g/mol. The smallest absolute Gasteiger partial charge is 0.233 e. The van der Waals surface area contributed by atoms with Gasteiger partial charge in [0.15, 0.2) is 5.13 Å². The molecule has 1 fully saturated rings. The minimum Gasteiger partial charge on any atom is -0.494 e. The Labute approximate surface area is 179 Å². The van der Waals surface area contributed by atoms with E-state index in [9.17, 15) is 4.79 Å². The van der Waals surface area contributed by atoms with E-state index in [0.29, 0.717) is 34.4 Å². The first-order valence-electron chi connectivity index (χ1n) is 9.65. The van der Waals surface area contributed by atoms with Gasteiger partial charge in [0.1, 0.15) is 11.3 Å². The standard InChI is InChI=1S/C22H23ClN2O3S/c1-14-5-3-6-15(11-14)12-19(26)25(13-16-7-4-10-28-16)22-24-20-18(27-2)9-8-17(23)21(20)29-22/h3,5-6,8-9,11,16H,4,7,10,12-13H2,1-2H3. The van der Waals surface area contributed by atoms with Gasteiger partial charge in [0, 0.05) is 6.61 Å². The first-order chi connectivity index (χ1) is 14.0. The van der Waals surface area contributed by atoms with Crippen LogP contribution in [0.1, 0.15) is 24.0 Å². The summed E-state index contributed by atoms with van der Waals surface area (Å²) >= 11 is 7.80. The summed E-state index contributed by atoms with van der Waals surface area (Å²) in [7, 11) is 1.61. The highest BCUT2D eigenvalue weighted by molar-refractivity contribution is 7.23. The van der Waals surface area contributed by atoms with Crippen LogP contribution in [-0.2, 0) is 16.0 Å². The number of thiazole rings is 1. The predicted octanol–water partition coefficient (Wildman–Crippen LogP) is 5.02. The van der Waals surface area contributed by atoms with Gasteiger partial charge in [-0.2, -0.15) is 0 Å². The molecule has 0 N–H and O–H groups in total. The molecule has 4 rings (SSSR count). The largest absolute Gasteiger partial charge is 0.494 e. The second kappa shape index (κ2) is 8.69. The van der Waals surface area contributed by atoms with Crippen molar-refractivity contribution in [2.24, 2.45) is 0 Å². The fourth-order valence-electron chi connectivity index (χ4n) is 3.59. The summed E-state index contributed by atoms with van der Waals surface area (Å²) in [6, 6.07) is 11.6. The number of amides is 1. The number of ether oxygens (including phenoxy) is 2. The molecule has 5 nitrogen and oxygen atoms in total. The Kier molecular flexibility index (Phi) is 6.04. The first kappa shape index (κ1) is 20.1. The molecule has 0 saturated carbocycles. The van der Waals surface area contributed by atoms with Crippen LogP contribution in [-0.4, -0.2) is 37.3 Å². The topological polar surface area (TPSA) is 51.7 Å². The van der Waals surface area contributed by atoms with E-state index in [0.717, 1.165) is 35.3 Å². The molecule has 1 aliphatic rings. The summed E-state index contributed by atoms with van der Waals surface area (Å²) in [6.45, 7) is 3.26. The van der Waals surface area contributed by atoms with Crippen LogP contribution in [0, 0.1) is 6.92 Å². The molecule has 0 spiro atoms. The lowest BCUT2D eigenvalue weighted by atomic mass is 10.1. The molecule has 1 aliphatic heterocycles. The van der Waals surface area contributed by atoms with E-state index in [1.54, 1.807) is 24.1 Å². The quantitative estimate of drug-likeness (QED) is 0.550. The van der Waals surface area contributed by atoms with E-state index in [-0.39, 0.29) is 12.0 Å². The van der Waals surface area contributed by atoms with Crippen molar-refractivity contribution >= 4 is 44.2 Å². The number of carbonyl (C=O) groups excluding carboxylic acids is 1. The molecule has 7 heteroatoms. The van der Waals surface area contributed by atoms with Gasteiger partial charge in [0.2, 0.25) is 5.91 Å². The van der Waals surface area contributed by atoms with Crippen LogP contribution in [0.5, 0.6) is 5.75 Å². The highest BCUT2D eigenvalue weighted by Crippen LogP contribution is 2.39. The molecular weight excluding hydrogens is 408 g/mol. The van der Waals surface area contributed by atoms with E-state index in [1.165, 1.54) is 11.3 Å². The molecule has 2 heterocycles. The van der Waals surface area contributed by atoms with Gasteiger partial charge in [-0.15, -0.1) is 0 Å². The molecular formula is C22H23ClN2O3S. The monoisotopic (exact) mass is 430 g/mol. The molecule has 1 atom stereocenters. The lowest BCUT2D eigenvalue weighted by Crippen LogP contribution is -2.38. The minimum absolute atomic E-state index is 0.000227. The summed E-state index contributed by atoms with van der Waals surface area (Å²) in [4.78, 5) is 19.8. The van der Waals surface area contributed by atoms with Gasteiger partial charge in [0.25, 0.3) is 0 Å². The summed E-state index contributed by atoms with van der Waals surface area (Å²) in [6.07, 6.45) is 2.31. The number of anilines is 1. The second-order valence-electron chi connectivity index (χ2n) is 7.23. The number of carbonyl (C=O) groups is 1. The normalized spacial score (nSPS) is 16.3. The molecule has 2 aromatic carbocycles. The number of nitrogens with zero attached hydrogens (tertiary/aromatic N) is 2. The van der Waals surface area contributed by atoms with Crippen molar-refractivity contribution in [3.63, 3.8) is 0 Å². The third kappa shape index (κ3) is 4.39. The zero-order chi connectivity index (χ0) is 20.4. The van der Waals surface area contributed by atoms with Gasteiger partial charge < -0.3 is 9.47 Å². The Morgan fingerprint density at radius 2 is 2.24 bits per heavy atom. The SMILES string of the molecule is COc1ccc(Cl)c2sc(N(CC3CCCO3)C(=O)Cc3cccc(C)c3)nc12.